The Bertz CT molecular complexity index is 2170. The molecule has 0 aliphatic carbocycles. The monoisotopic (exact) mass is 758 g/mol. The van der Waals surface area contributed by atoms with E-state index in [9.17, 15) is 9.59 Å². The van der Waals surface area contributed by atoms with Crippen molar-refractivity contribution in [2.45, 2.75) is 92.9 Å². The van der Waals surface area contributed by atoms with Crippen LogP contribution in [0, 0.1) is 13.8 Å². The van der Waals surface area contributed by atoms with Gasteiger partial charge in [-0.05, 0) is 124 Å². The molecule has 0 fully saturated rings. The molecule has 2 aliphatic heterocycles. The number of aromatic nitrogens is 4. The average molecular weight is 759 g/mol. The first kappa shape index (κ1) is 42.1. The molecule has 0 aromatic carbocycles. The smallest absolute Gasteiger partial charge is 0.220 e. The molecule has 10 nitrogen and oxygen atoms in total. The number of fused-ring (bicyclic) bond motifs is 8. The third kappa shape index (κ3) is 10.2. The van der Waals surface area contributed by atoms with Crippen molar-refractivity contribution in [2.24, 2.45) is 0 Å². The summed E-state index contributed by atoms with van der Waals surface area (Å²) in [4.78, 5) is 43.8. The van der Waals surface area contributed by atoms with E-state index in [2.05, 4.69) is 110 Å². The van der Waals surface area contributed by atoms with Crippen LogP contribution in [-0.4, -0.2) is 71.0 Å². The van der Waals surface area contributed by atoms with Gasteiger partial charge in [-0.1, -0.05) is 52.0 Å². The van der Waals surface area contributed by atoms with E-state index in [0.29, 0.717) is 38.8 Å². The van der Waals surface area contributed by atoms with Gasteiger partial charge in [-0.25, -0.2) is 9.97 Å². The second-order valence-corrected chi connectivity index (χ2v) is 14.8. The number of hydrogen-bond donors (Lipinski definition) is 6. The lowest BCUT2D eigenvalue weighted by molar-refractivity contribution is -0.121. The second kappa shape index (κ2) is 20.2. The third-order valence-corrected chi connectivity index (χ3v) is 10.9. The van der Waals surface area contributed by atoms with Gasteiger partial charge >= 0.3 is 0 Å². The zero-order valence-corrected chi connectivity index (χ0v) is 34.5. The quantitative estimate of drug-likeness (QED) is 0.0641. The van der Waals surface area contributed by atoms with Crippen LogP contribution in [0.25, 0.3) is 50.4 Å². The predicted octanol–water partition coefficient (Wildman–Crippen LogP) is 8.35. The van der Waals surface area contributed by atoms with Gasteiger partial charge in [0.2, 0.25) is 11.8 Å². The summed E-state index contributed by atoms with van der Waals surface area (Å²) < 4.78 is 0. The molecule has 0 radical (unpaired) electrons. The molecule has 56 heavy (non-hydrogen) atoms. The zero-order chi connectivity index (χ0) is 40.2. The minimum absolute atomic E-state index is 0.0170. The largest absolute Gasteiger partial charge is 0.355 e. The molecule has 2 aliphatic rings. The molecular formula is C46H62N8O2. The summed E-state index contributed by atoms with van der Waals surface area (Å²) in [6, 6.07) is 8.35. The van der Waals surface area contributed by atoms with Crippen LogP contribution in [0.1, 0.15) is 118 Å². The van der Waals surface area contributed by atoms with Crippen molar-refractivity contribution in [3.05, 3.63) is 88.5 Å². The van der Waals surface area contributed by atoms with Gasteiger partial charge in [0.1, 0.15) is 0 Å². The highest BCUT2D eigenvalue weighted by atomic mass is 16.2. The minimum atomic E-state index is 0.0170. The number of aryl methyl sites for hydroxylation is 3. The number of nitrogens with zero attached hydrogens (tertiary/aromatic N) is 2. The SMILES string of the molecule is C=CC1=C(C)c2cc3[nH]c(cc4nc(cc5[nH]c(cc1n2)c(C)c5CCC(=O)NCCNCCCC)C(CCC(=O)NCCNCCCC)=C4C)c(C)c3C=C. The van der Waals surface area contributed by atoms with E-state index in [4.69, 9.17) is 9.97 Å². The lowest BCUT2D eigenvalue weighted by atomic mass is 10.00. The molecule has 3 aromatic rings. The zero-order valence-electron chi connectivity index (χ0n) is 34.5. The molecule has 0 saturated heterocycles. The fourth-order valence-electron chi connectivity index (χ4n) is 7.39. The number of hydrogen-bond acceptors (Lipinski definition) is 6. The highest BCUT2D eigenvalue weighted by molar-refractivity contribution is 5.98. The first-order valence-corrected chi connectivity index (χ1v) is 20.5. The standard InChI is InChI=1S/C46H62N8O2/c1-9-13-19-47-21-23-49-45(55)17-15-35-31(7)38-25-37-29(5)33(11-3)41(51-37)26-39-30(6)34(12-4)42(52-39)27-40-32(8)36(44(54-40)28-43(35)53-38)16-18-46(56)50-24-22-48-20-14-10-2/h11-12,25-28,47-48,51,54H,3-4,9-10,13-24H2,1-2,5-8H3,(H,49,55)(H,50,56). The average Bonchev–Trinajstić information content (AvgIpc) is 3.85. The molecule has 6 N–H and O–H groups in total. The lowest BCUT2D eigenvalue weighted by Crippen LogP contribution is -2.32. The van der Waals surface area contributed by atoms with Gasteiger partial charge in [0.15, 0.2) is 0 Å². The summed E-state index contributed by atoms with van der Waals surface area (Å²) >= 11 is 0. The maximum Gasteiger partial charge on any atom is 0.220 e. The highest BCUT2D eigenvalue weighted by Gasteiger charge is 2.21. The van der Waals surface area contributed by atoms with Crippen LogP contribution in [-0.2, 0) is 16.0 Å². The van der Waals surface area contributed by atoms with Crippen molar-refractivity contribution < 1.29 is 9.59 Å². The van der Waals surface area contributed by atoms with Gasteiger partial charge in [0, 0.05) is 72.2 Å². The third-order valence-electron chi connectivity index (χ3n) is 10.9. The Morgan fingerprint density at radius 2 is 1.16 bits per heavy atom. The van der Waals surface area contributed by atoms with Crippen molar-refractivity contribution in [2.75, 3.05) is 39.3 Å². The maximum absolute atomic E-state index is 13.1. The van der Waals surface area contributed by atoms with Crippen LogP contribution in [0.15, 0.2) is 43.5 Å². The van der Waals surface area contributed by atoms with Gasteiger partial charge in [0.05, 0.1) is 22.8 Å². The molecule has 0 unspecified atom stereocenters. The van der Waals surface area contributed by atoms with Crippen molar-refractivity contribution in [3.63, 3.8) is 0 Å². The lowest BCUT2D eigenvalue weighted by Gasteiger charge is -2.08. The van der Waals surface area contributed by atoms with Crippen LogP contribution in [0.3, 0.4) is 0 Å². The Labute approximate surface area is 332 Å². The number of aromatic amines is 2. The molecule has 8 bridgehead atoms. The Morgan fingerprint density at radius 3 is 1.79 bits per heavy atom. The van der Waals surface area contributed by atoms with E-state index < -0.39 is 0 Å². The van der Waals surface area contributed by atoms with E-state index >= 15 is 0 Å². The van der Waals surface area contributed by atoms with Crippen LogP contribution < -0.4 is 21.3 Å². The molecule has 0 saturated carbocycles. The van der Waals surface area contributed by atoms with Gasteiger partial charge in [-0.15, -0.1) is 0 Å². The Kier molecular flexibility index (Phi) is 15.2. The molecule has 5 rings (SSSR count). The number of carbonyl (C=O) groups excluding carboxylic acids is 2. The van der Waals surface area contributed by atoms with E-state index in [1.807, 2.05) is 12.2 Å². The van der Waals surface area contributed by atoms with Crippen LogP contribution in [0.4, 0.5) is 0 Å². The summed E-state index contributed by atoms with van der Waals surface area (Å²) in [5, 5.41) is 12.9. The normalized spacial score (nSPS) is 12.7. The topological polar surface area (TPSA) is 140 Å². The summed E-state index contributed by atoms with van der Waals surface area (Å²) in [6.45, 7) is 25.6. The fraction of sp³-hybridized carbons (Fsp3) is 0.435. The van der Waals surface area contributed by atoms with Gasteiger partial charge in [-0.2, -0.15) is 0 Å². The van der Waals surface area contributed by atoms with Gasteiger partial charge in [-0.3, -0.25) is 9.59 Å². The number of H-pyrrole nitrogens is 2. The van der Waals surface area contributed by atoms with E-state index in [1.165, 1.54) is 0 Å². The molecule has 3 aromatic heterocycles. The van der Waals surface area contributed by atoms with Gasteiger partial charge in [0.25, 0.3) is 0 Å². The van der Waals surface area contributed by atoms with Crippen LogP contribution in [0.5, 0.6) is 0 Å². The second-order valence-electron chi connectivity index (χ2n) is 14.8. The summed E-state index contributed by atoms with van der Waals surface area (Å²) in [7, 11) is 0. The van der Waals surface area contributed by atoms with Crippen molar-refractivity contribution in [1.29, 1.82) is 0 Å². The Balaban J connectivity index is 1.60. The molecular weight excluding hydrogens is 697 g/mol. The van der Waals surface area contributed by atoms with Crippen molar-refractivity contribution >= 4 is 62.2 Å². The maximum atomic E-state index is 13.1. The predicted molar refractivity (Wildman–Crippen MR) is 235 cm³/mol. The van der Waals surface area contributed by atoms with E-state index in [0.717, 1.165) is 141 Å². The highest BCUT2D eigenvalue weighted by Crippen LogP contribution is 2.36. The molecule has 0 atom stereocenters. The van der Waals surface area contributed by atoms with E-state index in [-0.39, 0.29) is 11.8 Å². The van der Waals surface area contributed by atoms with Crippen molar-refractivity contribution in [3.8, 4) is 0 Å². The minimum Gasteiger partial charge on any atom is -0.355 e. The number of nitrogens with one attached hydrogen (secondary N) is 6. The Morgan fingerprint density at radius 1 is 0.625 bits per heavy atom. The molecule has 0 spiro atoms. The first-order valence-electron chi connectivity index (χ1n) is 20.5. The van der Waals surface area contributed by atoms with E-state index in [1.54, 1.807) is 0 Å². The Hall–Kier alpha value is -5.06. The molecule has 5 heterocycles. The summed E-state index contributed by atoms with van der Waals surface area (Å²) in [5.41, 5.74) is 15.3. The van der Waals surface area contributed by atoms with Crippen molar-refractivity contribution in [1.82, 2.24) is 41.2 Å². The summed E-state index contributed by atoms with van der Waals surface area (Å²) in [5.74, 6) is 0.0365. The van der Waals surface area contributed by atoms with Crippen LogP contribution in [0.2, 0.25) is 0 Å². The van der Waals surface area contributed by atoms with Crippen LogP contribution >= 0.6 is 0 Å². The number of amides is 2. The number of rotatable bonds is 20. The number of unbranched alkanes of at least 4 members (excludes halogenated alkanes) is 2. The number of allylic oxidation sites excluding steroid dienone is 5. The summed E-state index contributed by atoms with van der Waals surface area (Å²) in [6.07, 6.45) is 10.1. The molecule has 298 valence electrons. The fourth-order valence-corrected chi connectivity index (χ4v) is 7.39. The van der Waals surface area contributed by atoms with Gasteiger partial charge < -0.3 is 31.2 Å². The number of carbonyl (C=O) groups is 2. The molecule has 2 amide bonds. The molecule has 10 heteroatoms. The first-order chi connectivity index (χ1) is 27.1.